The zero-order valence-electron chi connectivity index (χ0n) is 18.9. The van der Waals surface area contributed by atoms with Crippen molar-refractivity contribution in [2.24, 2.45) is 0 Å². The summed E-state index contributed by atoms with van der Waals surface area (Å²) in [4.78, 5) is 18.0. The monoisotopic (exact) mass is 434 g/mol. The highest BCUT2D eigenvalue weighted by molar-refractivity contribution is 5.94. The highest BCUT2D eigenvalue weighted by Crippen LogP contribution is 2.31. The molecule has 1 N–H and O–H groups in total. The van der Waals surface area contributed by atoms with Gasteiger partial charge in [-0.15, -0.1) is 0 Å². The van der Waals surface area contributed by atoms with Crippen molar-refractivity contribution in [1.29, 1.82) is 0 Å². The summed E-state index contributed by atoms with van der Waals surface area (Å²) >= 11 is 0. The fourth-order valence-corrected chi connectivity index (χ4v) is 4.13. The summed E-state index contributed by atoms with van der Waals surface area (Å²) in [6.45, 7) is 4.24. The van der Waals surface area contributed by atoms with Crippen LogP contribution in [0.15, 0.2) is 48.5 Å². The van der Waals surface area contributed by atoms with Gasteiger partial charge in [0, 0.05) is 25.3 Å². The van der Waals surface area contributed by atoms with Gasteiger partial charge in [0.15, 0.2) is 5.69 Å². The van der Waals surface area contributed by atoms with Gasteiger partial charge in [-0.05, 0) is 49.6 Å². The normalized spacial score (nSPS) is 14.2. The van der Waals surface area contributed by atoms with Gasteiger partial charge in [-0.3, -0.25) is 10.2 Å². The predicted molar refractivity (Wildman–Crippen MR) is 124 cm³/mol. The standard InChI is InChI=1S/C25H30N4O3/c1-18-23(25(30)27-28-14-7-4-8-15-28)26-24(21-12-5-6-13-22(21)32-3)29(18)17-19-10-9-11-20(16-19)31-2/h5-6,9-13,16H,4,7-8,14-15,17H2,1-3H3,(H,27,30). The second-order valence-electron chi connectivity index (χ2n) is 8.00. The zero-order valence-corrected chi connectivity index (χ0v) is 18.9. The van der Waals surface area contributed by atoms with E-state index in [4.69, 9.17) is 14.5 Å². The lowest BCUT2D eigenvalue weighted by Crippen LogP contribution is -2.45. The van der Waals surface area contributed by atoms with Crippen molar-refractivity contribution in [3.05, 3.63) is 65.5 Å². The summed E-state index contributed by atoms with van der Waals surface area (Å²) in [6, 6.07) is 15.7. The van der Waals surface area contributed by atoms with E-state index in [0.717, 1.165) is 48.5 Å². The lowest BCUT2D eigenvalue weighted by molar-refractivity contribution is 0.0744. The molecule has 3 aromatic rings. The number of hydrogen-bond acceptors (Lipinski definition) is 5. The maximum atomic E-state index is 13.2. The Balaban J connectivity index is 1.74. The highest BCUT2D eigenvalue weighted by Gasteiger charge is 2.24. The van der Waals surface area contributed by atoms with Crippen LogP contribution in [0.2, 0.25) is 0 Å². The number of imidazole rings is 1. The number of carbonyl (C=O) groups excluding carboxylic acids is 1. The molecule has 1 saturated heterocycles. The van der Waals surface area contributed by atoms with Gasteiger partial charge in [0.2, 0.25) is 0 Å². The summed E-state index contributed by atoms with van der Waals surface area (Å²) in [5, 5.41) is 2.00. The number of ether oxygens (including phenoxy) is 2. The molecule has 32 heavy (non-hydrogen) atoms. The number of hydrazine groups is 1. The van der Waals surface area contributed by atoms with E-state index in [0.29, 0.717) is 23.8 Å². The number of amides is 1. The number of carbonyl (C=O) groups is 1. The lowest BCUT2D eigenvalue weighted by atomic mass is 10.1. The molecule has 2 heterocycles. The lowest BCUT2D eigenvalue weighted by Gasteiger charge is -2.26. The number of nitrogens with one attached hydrogen (secondary N) is 1. The first-order valence-corrected chi connectivity index (χ1v) is 11.0. The fourth-order valence-electron chi connectivity index (χ4n) is 4.13. The summed E-state index contributed by atoms with van der Waals surface area (Å²) in [6.07, 6.45) is 3.39. The molecule has 1 amide bonds. The van der Waals surface area contributed by atoms with Crippen LogP contribution >= 0.6 is 0 Å². The van der Waals surface area contributed by atoms with Crippen molar-refractivity contribution in [2.75, 3.05) is 27.3 Å². The Kier molecular flexibility index (Phi) is 6.75. The van der Waals surface area contributed by atoms with E-state index in [9.17, 15) is 4.79 Å². The summed E-state index contributed by atoms with van der Waals surface area (Å²) < 4.78 is 13.0. The molecule has 0 spiro atoms. The highest BCUT2D eigenvalue weighted by atomic mass is 16.5. The number of hydrogen-bond donors (Lipinski definition) is 1. The number of aromatic nitrogens is 2. The third-order valence-electron chi connectivity index (χ3n) is 5.87. The van der Waals surface area contributed by atoms with Crippen molar-refractivity contribution >= 4 is 5.91 Å². The molecule has 0 radical (unpaired) electrons. The van der Waals surface area contributed by atoms with E-state index in [1.54, 1.807) is 14.2 Å². The van der Waals surface area contributed by atoms with E-state index in [1.807, 2.05) is 60.5 Å². The molecule has 1 aromatic heterocycles. The van der Waals surface area contributed by atoms with Crippen molar-refractivity contribution in [2.45, 2.75) is 32.7 Å². The van der Waals surface area contributed by atoms with Crippen molar-refractivity contribution < 1.29 is 14.3 Å². The van der Waals surface area contributed by atoms with Crippen LogP contribution < -0.4 is 14.9 Å². The molecule has 0 bridgehead atoms. The minimum absolute atomic E-state index is 0.176. The smallest absolute Gasteiger partial charge is 0.286 e. The number of para-hydroxylation sites is 1. The van der Waals surface area contributed by atoms with Gasteiger partial charge in [0.25, 0.3) is 5.91 Å². The van der Waals surface area contributed by atoms with Crippen molar-refractivity contribution in [1.82, 2.24) is 20.0 Å². The molecule has 1 aliphatic rings. The fraction of sp³-hybridized carbons (Fsp3) is 0.360. The van der Waals surface area contributed by atoms with E-state index >= 15 is 0 Å². The molecular formula is C25H30N4O3. The predicted octanol–water partition coefficient (Wildman–Crippen LogP) is 4.05. The summed E-state index contributed by atoms with van der Waals surface area (Å²) in [7, 11) is 3.30. The zero-order chi connectivity index (χ0) is 22.5. The first-order chi connectivity index (χ1) is 15.6. The van der Waals surface area contributed by atoms with Crippen LogP contribution in [0.25, 0.3) is 11.4 Å². The average molecular weight is 435 g/mol. The molecule has 168 valence electrons. The maximum Gasteiger partial charge on any atom is 0.286 e. The molecule has 4 rings (SSSR count). The van der Waals surface area contributed by atoms with Gasteiger partial charge in [-0.2, -0.15) is 0 Å². The first-order valence-electron chi connectivity index (χ1n) is 11.0. The first kappa shape index (κ1) is 21.9. The molecule has 0 saturated carbocycles. The van der Waals surface area contributed by atoms with Crippen LogP contribution in [0.5, 0.6) is 11.5 Å². The molecule has 1 fully saturated rings. The van der Waals surface area contributed by atoms with Crippen molar-refractivity contribution in [3.63, 3.8) is 0 Å². The molecule has 0 unspecified atom stereocenters. The molecule has 0 atom stereocenters. The minimum atomic E-state index is -0.176. The second kappa shape index (κ2) is 9.87. The molecule has 7 nitrogen and oxygen atoms in total. The summed E-state index contributed by atoms with van der Waals surface area (Å²) in [5.41, 5.74) is 6.19. The molecular weight excluding hydrogens is 404 g/mol. The Morgan fingerprint density at radius 1 is 1.03 bits per heavy atom. The van der Waals surface area contributed by atoms with Crippen LogP contribution in [0.4, 0.5) is 0 Å². The Hall–Kier alpha value is -3.32. The minimum Gasteiger partial charge on any atom is -0.497 e. The number of rotatable bonds is 7. The van der Waals surface area contributed by atoms with Gasteiger partial charge >= 0.3 is 0 Å². The van der Waals surface area contributed by atoms with E-state index < -0.39 is 0 Å². The molecule has 2 aromatic carbocycles. The number of nitrogens with zero attached hydrogens (tertiary/aromatic N) is 3. The van der Waals surface area contributed by atoms with E-state index in [-0.39, 0.29) is 5.91 Å². The molecule has 1 aliphatic heterocycles. The average Bonchev–Trinajstić information content (AvgIpc) is 3.15. The Bertz CT molecular complexity index is 1090. The molecule has 0 aliphatic carbocycles. The SMILES string of the molecule is COc1cccc(Cn2c(-c3ccccc3OC)nc(C(=O)NN3CCCCC3)c2C)c1. The Labute approximate surface area is 188 Å². The van der Waals surface area contributed by atoms with Gasteiger partial charge in [0.1, 0.15) is 17.3 Å². The Morgan fingerprint density at radius 2 is 1.81 bits per heavy atom. The van der Waals surface area contributed by atoms with Gasteiger partial charge in [0.05, 0.1) is 19.8 Å². The van der Waals surface area contributed by atoms with Crippen LogP contribution in [0.3, 0.4) is 0 Å². The van der Waals surface area contributed by atoms with E-state index in [1.165, 1.54) is 6.42 Å². The van der Waals surface area contributed by atoms with Crippen LogP contribution in [-0.4, -0.2) is 47.8 Å². The van der Waals surface area contributed by atoms with Crippen LogP contribution in [0, 0.1) is 6.92 Å². The van der Waals surface area contributed by atoms with Crippen LogP contribution in [0.1, 0.15) is 41.0 Å². The topological polar surface area (TPSA) is 68.6 Å². The quantitative estimate of drug-likeness (QED) is 0.608. The van der Waals surface area contributed by atoms with Gasteiger partial charge < -0.3 is 14.0 Å². The summed E-state index contributed by atoms with van der Waals surface area (Å²) in [5.74, 6) is 2.03. The third kappa shape index (κ3) is 4.62. The Morgan fingerprint density at radius 3 is 2.56 bits per heavy atom. The third-order valence-corrected chi connectivity index (χ3v) is 5.87. The van der Waals surface area contributed by atoms with Crippen molar-refractivity contribution in [3.8, 4) is 22.9 Å². The van der Waals surface area contributed by atoms with Crippen LogP contribution in [-0.2, 0) is 6.54 Å². The molecule has 7 heteroatoms. The maximum absolute atomic E-state index is 13.2. The largest absolute Gasteiger partial charge is 0.497 e. The number of benzene rings is 2. The number of methoxy groups -OCH3 is 2. The van der Waals surface area contributed by atoms with E-state index in [2.05, 4.69) is 9.99 Å². The van der Waals surface area contributed by atoms with Gasteiger partial charge in [-0.25, -0.2) is 9.99 Å². The number of piperidine rings is 1. The second-order valence-corrected chi connectivity index (χ2v) is 8.00. The van der Waals surface area contributed by atoms with Gasteiger partial charge in [-0.1, -0.05) is 30.7 Å².